The Labute approximate surface area is 120 Å². The monoisotopic (exact) mass is 271 g/mol. The van der Waals surface area contributed by atoms with E-state index in [0.717, 1.165) is 29.2 Å². The van der Waals surface area contributed by atoms with Crippen molar-refractivity contribution in [3.63, 3.8) is 0 Å². The van der Waals surface area contributed by atoms with Gasteiger partial charge in [-0.05, 0) is 42.8 Å². The van der Waals surface area contributed by atoms with Gasteiger partial charge in [0.2, 0.25) is 0 Å². The van der Waals surface area contributed by atoms with Gasteiger partial charge in [0, 0.05) is 6.54 Å². The molecule has 1 N–H and O–H groups in total. The minimum absolute atomic E-state index is 0.541. The normalized spacial score (nSPS) is 10.3. The molecule has 0 amide bonds. The number of hydrogen-bond acceptors (Lipinski definition) is 3. The molecule has 0 spiro atoms. The summed E-state index contributed by atoms with van der Waals surface area (Å²) in [4.78, 5) is 0. The van der Waals surface area contributed by atoms with Gasteiger partial charge in [0.1, 0.15) is 6.61 Å². The molecule has 0 aliphatic carbocycles. The lowest BCUT2D eigenvalue weighted by Crippen LogP contribution is -2.05. The number of aryl methyl sites for hydroxylation is 1. The average molecular weight is 271 g/mol. The van der Waals surface area contributed by atoms with Crippen molar-refractivity contribution >= 4 is 0 Å². The maximum atomic E-state index is 5.83. The molecular formula is C17H21NO2. The Balaban J connectivity index is 2.01. The van der Waals surface area contributed by atoms with Crippen molar-refractivity contribution < 1.29 is 9.47 Å². The van der Waals surface area contributed by atoms with Gasteiger partial charge in [0.05, 0.1) is 7.11 Å². The van der Waals surface area contributed by atoms with Crippen LogP contribution in [0.3, 0.4) is 0 Å². The summed E-state index contributed by atoms with van der Waals surface area (Å²) in [7, 11) is 3.61. The van der Waals surface area contributed by atoms with Crippen molar-refractivity contribution in [2.75, 3.05) is 14.2 Å². The summed E-state index contributed by atoms with van der Waals surface area (Å²) in [6, 6.07) is 14.4. The second kappa shape index (κ2) is 6.96. The van der Waals surface area contributed by atoms with Crippen molar-refractivity contribution in [1.29, 1.82) is 0 Å². The molecule has 0 bridgehead atoms. The van der Waals surface area contributed by atoms with Crippen LogP contribution in [-0.4, -0.2) is 14.2 Å². The van der Waals surface area contributed by atoms with E-state index in [0.29, 0.717) is 6.61 Å². The third kappa shape index (κ3) is 3.75. The molecule has 0 saturated heterocycles. The number of hydrogen-bond donors (Lipinski definition) is 1. The van der Waals surface area contributed by atoms with Crippen LogP contribution in [-0.2, 0) is 13.2 Å². The van der Waals surface area contributed by atoms with Crippen molar-refractivity contribution in [2.24, 2.45) is 0 Å². The molecule has 20 heavy (non-hydrogen) atoms. The first-order chi connectivity index (χ1) is 9.72. The Bertz CT molecular complexity index is 549. The van der Waals surface area contributed by atoms with Crippen LogP contribution >= 0.6 is 0 Å². The first kappa shape index (κ1) is 14.4. The molecule has 2 aromatic rings. The lowest BCUT2D eigenvalue weighted by Gasteiger charge is -2.11. The van der Waals surface area contributed by atoms with Gasteiger partial charge in [-0.3, -0.25) is 0 Å². The molecule has 0 aliphatic rings. The van der Waals surface area contributed by atoms with Crippen LogP contribution in [0.5, 0.6) is 11.5 Å². The van der Waals surface area contributed by atoms with Crippen LogP contribution in [0.25, 0.3) is 0 Å². The predicted molar refractivity (Wildman–Crippen MR) is 81.3 cm³/mol. The molecule has 3 heteroatoms. The summed E-state index contributed by atoms with van der Waals surface area (Å²) in [6.45, 7) is 3.46. The van der Waals surface area contributed by atoms with Crippen molar-refractivity contribution in [1.82, 2.24) is 5.32 Å². The first-order valence-electron chi connectivity index (χ1n) is 6.73. The minimum atomic E-state index is 0.541. The lowest BCUT2D eigenvalue weighted by atomic mass is 10.1. The molecule has 2 aromatic carbocycles. The van der Waals surface area contributed by atoms with Gasteiger partial charge in [-0.2, -0.15) is 0 Å². The molecule has 0 heterocycles. The third-order valence-electron chi connectivity index (χ3n) is 3.12. The van der Waals surface area contributed by atoms with Crippen LogP contribution in [0.15, 0.2) is 42.5 Å². The van der Waals surface area contributed by atoms with Crippen LogP contribution in [0.4, 0.5) is 0 Å². The molecule has 0 unspecified atom stereocenters. The SMILES string of the molecule is CNCc1ccc(COc2ccc(C)cc2OC)cc1. The number of methoxy groups -OCH3 is 1. The highest BCUT2D eigenvalue weighted by atomic mass is 16.5. The van der Waals surface area contributed by atoms with Crippen LogP contribution < -0.4 is 14.8 Å². The second-order valence-corrected chi connectivity index (χ2v) is 4.79. The summed E-state index contributed by atoms with van der Waals surface area (Å²) in [6.07, 6.45) is 0. The summed E-state index contributed by atoms with van der Waals surface area (Å²) in [5.74, 6) is 1.55. The average Bonchev–Trinajstić information content (AvgIpc) is 2.47. The van der Waals surface area contributed by atoms with Crippen molar-refractivity contribution in [3.05, 3.63) is 59.2 Å². The number of ether oxygens (including phenoxy) is 2. The Hall–Kier alpha value is -2.00. The zero-order chi connectivity index (χ0) is 14.4. The van der Waals surface area contributed by atoms with E-state index in [2.05, 4.69) is 29.6 Å². The third-order valence-corrected chi connectivity index (χ3v) is 3.12. The predicted octanol–water partition coefficient (Wildman–Crippen LogP) is 3.30. The smallest absolute Gasteiger partial charge is 0.161 e. The van der Waals surface area contributed by atoms with Crippen LogP contribution in [0, 0.1) is 6.92 Å². The number of nitrogens with one attached hydrogen (secondary N) is 1. The van der Waals surface area contributed by atoms with E-state index in [9.17, 15) is 0 Å². The highest BCUT2D eigenvalue weighted by Crippen LogP contribution is 2.28. The van der Waals surface area contributed by atoms with Gasteiger partial charge >= 0.3 is 0 Å². The van der Waals surface area contributed by atoms with Gasteiger partial charge in [-0.25, -0.2) is 0 Å². The maximum absolute atomic E-state index is 5.83. The molecule has 2 rings (SSSR count). The highest BCUT2D eigenvalue weighted by molar-refractivity contribution is 5.42. The molecule has 0 radical (unpaired) electrons. The quantitative estimate of drug-likeness (QED) is 0.874. The second-order valence-electron chi connectivity index (χ2n) is 4.79. The summed E-state index contributed by atoms with van der Waals surface area (Å²) in [5.41, 5.74) is 3.57. The number of benzene rings is 2. The molecule has 0 atom stereocenters. The van der Waals surface area contributed by atoms with Crippen molar-refractivity contribution in [2.45, 2.75) is 20.1 Å². The van der Waals surface area contributed by atoms with E-state index in [1.54, 1.807) is 7.11 Å². The van der Waals surface area contributed by atoms with E-state index in [4.69, 9.17) is 9.47 Å². The van der Waals surface area contributed by atoms with Gasteiger partial charge < -0.3 is 14.8 Å². The fourth-order valence-electron chi connectivity index (χ4n) is 2.01. The van der Waals surface area contributed by atoms with E-state index >= 15 is 0 Å². The van der Waals surface area contributed by atoms with Gasteiger partial charge in [0.15, 0.2) is 11.5 Å². The molecule has 0 aliphatic heterocycles. The summed E-state index contributed by atoms with van der Waals surface area (Å²) in [5, 5.41) is 3.13. The van der Waals surface area contributed by atoms with Crippen LogP contribution in [0.1, 0.15) is 16.7 Å². The summed E-state index contributed by atoms with van der Waals surface area (Å²) >= 11 is 0. The van der Waals surface area contributed by atoms with Crippen LogP contribution in [0.2, 0.25) is 0 Å². The fourth-order valence-corrected chi connectivity index (χ4v) is 2.01. The van der Waals surface area contributed by atoms with E-state index in [1.165, 1.54) is 5.56 Å². The minimum Gasteiger partial charge on any atom is -0.493 e. The standard InChI is InChI=1S/C17H21NO2/c1-13-4-9-16(17(10-13)19-3)20-12-15-7-5-14(6-8-15)11-18-2/h4-10,18H,11-12H2,1-3H3. The molecule has 0 saturated carbocycles. The summed E-state index contributed by atoms with van der Waals surface area (Å²) < 4.78 is 11.2. The molecule has 3 nitrogen and oxygen atoms in total. The topological polar surface area (TPSA) is 30.5 Å². The molecule has 106 valence electrons. The van der Waals surface area contributed by atoms with E-state index < -0.39 is 0 Å². The number of rotatable bonds is 6. The fraction of sp³-hybridized carbons (Fsp3) is 0.294. The van der Waals surface area contributed by atoms with E-state index in [1.807, 2.05) is 32.2 Å². The zero-order valence-corrected chi connectivity index (χ0v) is 12.3. The molecule has 0 fully saturated rings. The van der Waals surface area contributed by atoms with Gasteiger partial charge in [-0.1, -0.05) is 30.3 Å². The maximum Gasteiger partial charge on any atom is 0.161 e. The Morgan fingerprint density at radius 1 is 0.950 bits per heavy atom. The molecule has 0 aromatic heterocycles. The Morgan fingerprint density at radius 3 is 2.30 bits per heavy atom. The Kier molecular flexibility index (Phi) is 5.02. The van der Waals surface area contributed by atoms with Crippen molar-refractivity contribution in [3.8, 4) is 11.5 Å². The zero-order valence-electron chi connectivity index (χ0n) is 12.3. The Morgan fingerprint density at radius 2 is 1.65 bits per heavy atom. The highest BCUT2D eigenvalue weighted by Gasteiger charge is 2.04. The van der Waals surface area contributed by atoms with Gasteiger partial charge in [-0.15, -0.1) is 0 Å². The first-order valence-corrected chi connectivity index (χ1v) is 6.73. The lowest BCUT2D eigenvalue weighted by molar-refractivity contribution is 0.284. The van der Waals surface area contributed by atoms with E-state index in [-0.39, 0.29) is 0 Å². The van der Waals surface area contributed by atoms with Gasteiger partial charge in [0.25, 0.3) is 0 Å². The molecular weight excluding hydrogens is 250 g/mol. The largest absolute Gasteiger partial charge is 0.493 e.